The van der Waals surface area contributed by atoms with Crippen molar-refractivity contribution in [3.8, 4) is 0 Å². The number of halogens is 2. The van der Waals surface area contributed by atoms with E-state index < -0.39 is 5.92 Å². The summed E-state index contributed by atoms with van der Waals surface area (Å²) in [6, 6.07) is 0. The molecule has 2 aliphatic carbocycles. The van der Waals surface area contributed by atoms with Crippen molar-refractivity contribution < 1.29 is 13.9 Å². The van der Waals surface area contributed by atoms with E-state index in [1.54, 1.807) is 0 Å². The number of allylic oxidation sites excluding steroid dienone is 1. The molecule has 1 fully saturated rings. The highest BCUT2D eigenvalue weighted by Gasteiger charge is 2.34. The Balaban J connectivity index is 2.14. The van der Waals surface area contributed by atoms with Gasteiger partial charge in [-0.25, -0.2) is 8.78 Å². The van der Waals surface area contributed by atoms with Crippen LogP contribution in [0.3, 0.4) is 0 Å². The number of hydrogen-bond acceptors (Lipinski definition) is 1. The first-order valence-corrected chi connectivity index (χ1v) is 6.32. The summed E-state index contributed by atoms with van der Waals surface area (Å²) in [5.41, 5.74) is 2.07. The van der Waals surface area contributed by atoms with E-state index in [1.165, 1.54) is 12.8 Å². The van der Waals surface area contributed by atoms with Crippen LogP contribution in [0.4, 0.5) is 8.78 Å². The summed E-state index contributed by atoms with van der Waals surface area (Å²) < 4.78 is 26.7. The highest BCUT2D eigenvalue weighted by molar-refractivity contribution is 5.21. The fourth-order valence-corrected chi connectivity index (χ4v) is 3.06. The first-order chi connectivity index (χ1) is 7.62. The van der Waals surface area contributed by atoms with Crippen LogP contribution in [0.25, 0.3) is 0 Å². The second-order valence-electron chi connectivity index (χ2n) is 5.12. The van der Waals surface area contributed by atoms with Crippen molar-refractivity contribution >= 4 is 0 Å². The van der Waals surface area contributed by atoms with Crippen LogP contribution >= 0.6 is 0 Å². The van der Waals surface area contributed by atoms with Gasteiger partial charge in [-0.15, -0.1) is 0 Å². The fourth-order valence-electron chi connectivity index (χ4n) is 3.06. The van der Waals surface area contributed by atoms with Gasteiger partial charge in [0.1, 0.15) is 0 Å². The highest BCUT2D eigenvalue weighted by Crippen LogP contribution is 2.41. The van der Waals surface area contributed by atoms with Gasteiger partial charge in [0.15, 0.2) is 0 Å². The van der Waals surface area contributed by atoms with Gasteiger partial charge in [0.2, 0.25) is 5.92 Å². The van der Waals surface area contributed by atoms with Gasteiger partial charge in [-0.05, 0) is 37.2 Å². The van der Waals surface area contributed by atoms with Gasteiger partial charge in [0.05, 0.1) is 6.61 Å². The van der Waals surface area contributed by atoms with Gasteiger partial charge in [0, 0.05) is 12.8 Å². The summed E-state index contributed by atoms with van der Waals surface area (Å²) in [7, 11) is 0. The predicted molar refractivity (Wildman–Crippen MR) is 59.5 cm³/mol. The van der Waals surface area contributed by atoms with Crippen molar-refractivity contribution in [2.75, 3.05) is 6.61 Å². The normalized spacial score (nSPS) is 27.2. The molecular weight excluding hydrogens is 210 g/mol. The SMILES string of the molecule is OCC1=C(C2CCCC2)CCC(F)(F)CC1. The van der Waals surface area contributed by atoms with Crippen molar-refractivity contribution in [2.45, 2.75) is 57.3 Å². The van der Waals surface area contributed by atoms with E-state index in [0.29, 0.717) is 18.8 Å². The lowest BCUT2D eigenvalue weighted by molar-refractivity contribution is -0.0136. The van der Waals surface area contributed by atoms with E-state index in [1.807, 2.05) is 0 Å². The zero-order valence-electron chi connectivity index (χ0n) is 9.64. The van der Waals surface area contributed by atoms with Crippen molar-refractivity contribution in [3.63, 3.8) is 0 Å². The zero-order chi connectivity index (χ0) is 11.6. The third kappa shape index (κ3) is 2.62. The molecule has 0 aliphatic heterocycles. The van der Waals surface area contributed by atoms with Crippen molar-refractivity contribution in [1.29, 1.82) is 0 Å². The Hall–Kier alpha value is -0.440. The van der Waals surface area contributed by atoms with Crippen LogP contribution in [-0.4, -0.2) is 17.6 Å². The minimum Gasteiger partial charge on any atom is -0.392 e. The standard InChI is InChI=1S/C13H20F2O/c14-13(15)7-5-11(9-16)12(6-8-13)10-3-1-2-4-10/h10,16H,1-9H2. The molecule has 0 heterocycles. The molecule has 92 valence electrons. The van der Waals surface area contributed by atoms with Crippen LogP contribution in [0.15, 0.2) is 11.1 Å². The highest BCUT2D eigenvalue weighted by atomic mass is 19.3. The van der Waals surface area contributed by atoms with Crippen LogP contribution < -0.4 is 0 Å². The third-order valence-electron chi connectivity index (χ3n) is 4.05. The van der Waals surface area contributed by atoms with E-state index in [2.05, 4.69) is 0 Å². The Morgan fingerprint density at radius 1 is 1.12 bits per heavy atom. The molecule has 0 saturated heterocycles. The molecule has 1 N–H and O–H groups in total. The van der Waals surface area contributed by atoms with E-state index in [-0.39, 0.29) is 19.4 Å². The Labute approximate surface area is 95.5 Å². The average Bonchev–Trinajstić information content (AvgIpc) is 2.71. The van der Waals surface area contributed by atoms with Crippen LogP contribution in [0.2, 0.25) is 0 Å². The quantitative estimate of drug-likeness (QED) is 0.717. The van der Waals surface area contributed by atoms with E-state index >= 15 is 0 Å². The number of aliphatic hydroxyl groups excluding tert-OH is 1. The maximum Gasteiger partial charge on any atom is 0.248 e. The lowest BCUT2D eigenvalue weighted by Crippen LogP contribution is -2.14. The van der Waals surface area contributed by atoms with Gasteiger partial charge in [-0.3, -0.25) is 0 Å². The molecule has 0 aromatic heterocycles. The van der Waals surface area contributed by atoms with Crippen molar-refractivity contribution in [1.82, 2.24) is 0 Å². The number of alkyl halides is 2. The van der Waals surface area contributed by atoms with Crippen LogP contribution in [0.5, 0.6) is 0 Å². The summed E-state index contributed by atoms with van der Waals surface area (Å²) in [6.45, 7) is -0.0259. The maximum atomic E-state index is 13.3. The first kappa shape index (κ1) is 12.0. The minimum atomic E-state index is -2.53. The molecule has 0 spiro atoms. The molecule has 2 aliphatic rings. The monoisotopic (exact) mass is 230 g/mol. The average molecular weight is 230 g/mol. The molecule has 0 aromatic carbocycles. The van der Waals surface area contributed by atoms with Gasteiger partial charge in [-0.1, -0.05) is 18.4 Å². The van der Waals surface area contributed by atoms with Crippen molar-refractivity contribution in [3.05, 3.63) is 11.1 Å². The Morgan fingerprint density at radius 3 is 2.38 bits per heavy atom. The van der Waals surface area contributed by atoms with Crippen LogP contribution in [-0.2, 0) is 0 Å². The molecule has 1 saturated carbocycles. The molecule has 0 radical (unpaired) electrons. The molecule has 0 unspecified atom stereocenters. The van der Waals surface area contributed by atoms with Crippen molar-refractivity contribution in [2.24, 2.45) is 5.92 Å². The van der Waals surface area contributed by atoms with Crippen LogP contribution in [0, 0.1) is 5.92 Å². The number of hydrogen-bond donors (Lipinski definition) is 1. The second-order valence-corrected chi connectivity index (χ2v) is 5.12. The number of aliphatic hydroxyl groups is 1. The summed E-state index contributed by atoms with van der Waals surface area (Å²) >= 11 is 0. The zero-order valence-corrected chi connectivity index (χ0v) is 9.64. The van der Waals surface area contributed by atoms with E-state index in [4.69, 9.17) is 0 Å². The van der Waals surface area contributed by atoms with Gasteiger partial charge < -0.3 is 5.11 Å². The molecule has 2 rings (SSSR count). The summed E-state index contributed by atoms with van der Waals surface area (Å²) in [4.78, 5) is 0. The smallest absolute Gasteiger partial charge is 0.248 e. The van der Waals surface area contributed by atoms with E-state index in [9.17, 15) is 13.9 Å². The molecule has 1 nitrogen and oxygen atoms in total. The van der Waals surface area contributed by atoms with Gasteiger partial charge in [-0.2, -0.15) is 0 Å². The second kappa shape index (κ2) is 4.82. The molecule has 0 atom stereocenters. The lowest BCUT2D eigenvalue weighted by atomic mass is 9.90. The minimum absolute atomic E-state index is 0.0255. The molecular formula is C13H20F2O. The largest absolute Gasteiger partial charge is 0.392 e. The Bertz CT molecular complexity index is 278. The summed E-state index contributed by atoms with van der Waals surface area (Å²) in [6.07, 6.45) is 5.45. The Kier molecular flexibility index (Phi) is 3.63. The Morgan fingerprint density at radius 2 is 1.75 bits per heavy atom. The number of rotatable bonds is 2. The lowest BCUT2D eigenvalue weighted by Gasteiger charge is -2.17. The third-order valence-corrected chi connectivity index (χ3v) is 4.05. The molecule has 0 bridgehead atoms. The fraction of sp³-hybridized carbons (Fsp3) is 0.846. The van der Waals surface area contributed by atoms with E-state index in [0.717, 1.165) is 24.0 Å². The molecule has 16 heavy (non-hydrogen) atoms. The van der Waals surface area contributed by atoms with Crippen LogP contribution in [0.1, 0.15) is 51.4 Å². The summed E-state index contributed by atoms with van der Waals surface area (Å²) in [5, 5.41) is 9.31. The first-order valence-electron chi connectivity index (χ1n) is 6.32. The predicted octanol–water partition coefficient (Wildman–Crippen LogP) is 3.67. The molecule has 0 aromatic rings. The molecule has 3 heteroatoms. The maximum absolute atomic E-state index is 13.3. The molecule has 0 amide bonds. The van der Waals surface area contributed by atoms with Gasteiger partial charge in [0.25, 0.3) is 0 Å². The summed E-state index contributed by atoms with van der Waals surface area (Å²) in [5.74, 6) is -2.04. The topological polar surface area (TPSA) is 20.2 Å². The van der Waals surface area contributed by atoms with Gasteiger partial charge >= 0.3 is 0 Å².